The van der Waals surface area contributed by atoms with Crippen LogP contribution < -0.4 is 10.0 Å². The molecule has 0 unspecified atom stereocenters. The highest BCUT2D eigenvalue weighted by Gasteiger charge is 2.44. The highest BCUT2D eigenvalue weighted by Crippen LogP contribution is 2.49. The molecule has 1 amide bonds. The van der Waals surface area contributed by atoms with Crippen LogP contribution in [0.15, 0.2) is 24.3 Å². The zero-order valence-corrected chi connectivity index (χ0v) is 13.1. The van der Waals surface area contributed by atoms with Crippen LogP contribution in [0.3, 0.4) is 0 Å². The van der Waals surface area contributed by atoms with Gasteiger partial charge in [-0.2, -0.15) is 0 Å². The van der Waals surface area contributed by atoms with E-state index in [1.807, 2.05) is 13.8 Å². The number of rotatable bonds is 4. The molecule has 5 nitrogen and oxygen atoms in total. The fraction of sp³-hybridized carbons (Fsp3) is 0.500. The standard InChI is InChI=1S/C14H20NO4P/c1-10(2)13-9-19-14(16)15(13)20(4,17)12-7-5-6-11(8-12)18-3/h5-8,10,13H,9H2,1-4H3/t13-,20-/m1/s1. The van der Waals surface area contributed by atoms with Gasteiger partial charge in [0.25, 0.3) is 0 Å². The molecule has 110 valence electrons. The molecule has 0 saturated carbocycles. The van der Waals surface area contributed by atoms with E-state index in [-0.39, 0.29) is 18.6 Å². The summed E-state index contributed by atoms with van der Waals surface area (Å²) in [5.74, 6) is 0.804. The normalized spacial score (nSPS) is 21.8. The summed E-state index contributed by atoms with van der Waals surface area (Å²) in [7, 11) is -1.46. The maximum Gasteiger partial charge on any atom is 0.416 e. The van der Waals surface area contributed by atoms with E-state index >= 15 is 0 Å². The Bertz CT molecular complexity index is 558. The van der Waals surface area contributed by atoms with Crippen molar-refractivity contribution in [3.05, 3.63) is 24.3 Å². The molecule has 0 aromatic heterocycles. The molecular weight excluding hydrogens is 277 g/mol. The van der Waals surface area contributed by atoms with Crippen LogP contribution in [0.5, 0.6) is 5.75 Å². The lowest BCUT2D eigenvalue weighted by Gasteiger charge is -2.30. The Kier molecular flexibility index (Phi) is 4.09. The second kappa shape index (κ2) is 5.49. The van der Waals surface area contributed by atoms with Gasteiger partial charge >= 0.3 is 6.09 Å². The summed E-state index contributed by atoms with van der Waals surface area (Å²) < 4.78 is 24.8. The van der Waals surface area contributed by atoms with Gasteiger partial charge in [-0.1, -0.05) is 19.9 Å². The van der Waals surface area contributed by atoms with Gasteiger partial charge in [0.1, 0.15) is 12.4 Å². The van der Waals surface area contributed by atoms with E-state index in [1.165, 1.54) is 4.67 Å². The van der Waals surface area contributed by atoms with E-state index in [9.17, 15) is 9.36 Å². The monoisotopic (exact) mass is 297 g/mol. The van der Waals surface area contributed by atoms with E-state index in [1.54, 1.807) is 38.0 Å². The second-order valence-electron chi connectivity index (χ2n) is 5.31. The smallest absolute Gasteiger partial charge is 0.416 e. The zero-order chi connectivity index (χ0) is 14.9. The van der Waals surface area contributed by atoms with E-state index in [4.69, 9.17) is 9.47 Å². The number of amides is 1. The number of cyclic esters (lactones) is 1. The van der Waals surface area contributed by atoms with Crippen LogP contribution in [-0.2, 0) is 9.30 Å². The zero-order valence-electron chi connectivity index (χ0n) is 12.2. The van der Waals surface area contributed by atoms with E-state index in [0.29, 0.717) is 11.1 Å². The van der Waals surface area contributed by atoms with E-state index in [0.717, 1.165) is 0 Å². The predicted octanol–water partition coefficient (Wildman–Crippen LogP) is 2.71. The van der Waals surface area contributed by atoms with Gasteiger partial charge in [0, 0.05) is 12.0 Å². The lowest BCUT2D eigenvalue weighted by molar-refractivity contribution is 0.169. The van der Waals surface area contributed by atoms with Gasteiger partial charge in [-0.3, -0.25) is 4.57 Å². The number of hydrogen-bond acceptors (Lipinski definition) is 4. The fourth-order valence-electron chi connectivity index (χ4n) is 2.34. The van der Waals surface area contributed by atoms with Crippen LogP contribution in [0.1, 0.15) is 13.8 Å². The van der Waals surface area contributed by atoms with Gasteiger partial charge in [-0.05, 0) is 24.1 Å². The molecule has 2 atom stereocenters. The summed E-state index contributed by atoms with van der Waals surface area (Å²) in [4.78, 5) is 12.0. The Hall–Kier alpha value is -1.48. The van der Waals surface area contributed by atoms with Crippen LogP contribution in [0.4, 0.5) is 4.79 Å². The minimum Gasteiger partial charge on any atom is -0.497 e. The molecule has 0 aliphatic carbocycles. The van der Waals surface area contributed by atoms with Crippen molar-refractivity contribution in [2.75, 3.05) is 20.4 Å². The molecule has 1 aromatic rings. The van der Waals surface area contributed by atoms with Crippen molar-refractivity contribution in [1.29, 1.82) is 0 Å². The minimum absolute atomic E-state index is 0.162. The first-order valence-corrected chi connectivity index (χ1v) is 8.67. The van der Waals surface area contributed by atoms with Crippen LogP contribution in [0, 0.1) is 5.92 Å². The molecule has 1 saturated heterocycles. The van der Waals surface area contributed by atoms with Crippen LogP contribution in [0.25, 0.3) is 0 Å². The molecule has 0 radical (unpaired) electrons. The number of carbonyl (C=O) groups is 1. The van der Waals surface area contributed by atoms with Gasteiger partial charge in [-0.15, -0.1) is 0 Å². The van der Waals surface area contributed by atoms with Crippen molar-refractivity contribution in [2.24, 2.45) is 5.92 Å². The van der Waals surface area contributed by atoms with Gasteiger partial charge in [0.05, 0.1) is 13.2 Å². The van der Waals surface area contributed by atoms with Gasteiger partial charge in [0.15, 0.2) is 0 Å². The van der Waals surface area contributed by atoms with E-state index < -0.39 is 13.4 Å². The number of hydrogen-bond donors (Lipinski definition) is 0. The molecule has 2 rings (SSSR count). The molecule has 1 fully saturated rings. The van der Waals surface area contributed by atoms with Crippen molar-refractivity contribution in [3.8, 4) is 5.75 Å². The molecule has 20 heavy (non-hydrogen) atoms. The summed E-state index contributed by atoms with van der Waals surface area (Å²) in [6, 6.07) is 6.86. The average molecular weight is 297 g/mol. The third kappa shape index (κ3) is 2.55. The molecule has 0 spiro atoms. The first-order valence-electron chi connectivity index (χ1n) is 6.56. The molecule has 1 aromatic carbocycles. The summed E-state index contributed by atoms with van der Waals surface area (Å²) in [6.07, 6.45) is -0.502. The third-order valence-electron chi connectivity index (χ3n) is 3.59. The number of nitrogens with zero attached hydrogens (tertiary/aromatic N) is 1. The summed E-state index contributed by atoms with van der Waals surface area (Å²) in [5.41, 5.74) is 0. The number of ether oxygens (including phenoxy) is 2. The molecular formula is C14H20NO4P. The maximum absolute atomic E-state index is 13.2. The Morgan fingerprint density at radius 3 is 2.75 bits per heavy atom. The Morgan fingerprint density at radius 1 is 1.45 bits per heavy atom. The Balaban J connectivity index is 2.42. The highest BCUT2D eigenvalue weighted by atomic mass is 31.2. The van der Waals surface area contributed by atoms with Crippen LogP contribution >= 0.6 is 7.29 Å². The van der Waals surface area contributed by atoms with E-state index in [2.05, 4.69) is 0 Å². The quantitative estimate of drug-likeness (QED) is 0.802. The van der Waals surface area contributed by atoms with Crippen LogP contribution in [-0.4, -0.2) is 37.2 Å². The van der Waals surface area contributed by atoms with Crippen molar-refractivity contribution in [2.45, 2.75) is 19.9 Å². The highest BCUT2D eigenvalue weighted by molar-refractivity contribution is 7.69. The average Bonchev–Trinajstić information content (AvgIpc) is 2.81. The summed E-state index contributed by atoms with van der Waals surface area (Å²) in [5, 5.41) is 0.598. The lowest BCUT2D eigenvalue weighted by Crippen LogP contribution is -2.37. The summed E-state index contributed by atoms with van der Waals surface area (Å²) in [6.45, 7) is 5.87. The third-order valence-corrected chi connectivity index (χ3v) is 6.11. The van der Waals surface area contributed by atoms with Crippen molar-refractivity contribution in [3.63, 3.8) is 0 Å². The van der Waals surface area contributed by atoms with Gasteiger partial charge in [0.2, 0.25) is 7.29 Å². The largest absolute Gasteiger partial charge is 0.497 e. The molecule has 1 heterocycles. The Morgan fingerprint density at radius 2 is 2.15 bits per heavy atom. The van der Waals surface area contributed by atoms with Crippen molar-refractivity contribution >= 4 is 18.7 Å². The predicted molar refractivity (Wildman–Crippen MR) is 78.0 cm³/mol. The van der Waals surface area contributed by atoms with Crippen molar-refractivity contribution < 1.29 is 18.8 Å². The minimum atomic E-state index is -3.02. The first-order chi connectivity index (χ1) is 9.37. The van der Waals surface area contributed by atoms with Crippen LogP contribution in [0.2, 0.25) is 0 Å². The van der Waals surface area contributed by atoms with Gasteiger partial charge in [-0.25, -0.2) is 9.46 Å². The second-order valence-corrected chi connectivity index (χ2v) is 8.02. The SMILES string of the molecule is COc1cccc([P@@](C)(=O)N2C(=O)OC[C@@H]2C(C)C)c1. The number of benzene rings is 1. The molecule has 0 bridgehead atoms. The molecule has 6 heteroatoms. The van der Waals surface area contributed by atoms with Gasteiger partial charge < -0.3 is 9.47 Å². The maximum atomic E-state index is 13.2. The molecule has 1 aliphatic rings. The molecule has 0 N–H and O–H groups in total. The fourth-order valence-corrected chi connectivity index (χ4v) is 4.58. The number of carbonyl (C=O) groups excluding carboxylic acids is 1. The molecule has 1 aliphatic heterocycles. The Labute approximate surface area is 119 Å². The summed E-state index contributed by atoms with van der Waals surface area (Å²) >= 11 is 0. The first kappa shape index (κ1) is 14.9. The topological polar surface area (TPSA) is 55.8 Å². The van der Waals surface area contributed by atoms with Crippen molar-refractivity contribution in [1.82, 2.24) is 4.67 Å². The lowest BCUT2D eigenvalue weighted by atomic mass is 10.1. The number of methoxy groups -OCH3 is 1.